The number of nitrogens with one attached hydrogen (secondary N) is 2. The summed E-state index contributed by atoms with van der Waals surface area (Å²) in [7, 11) is 0. The first-order chi connectivity index (χ1) is 20.8. The third kappa shape index (κ3) is 6.71. The average Bonchev–Trinajstić information content (AvgIpc) is 3.41. The number of aliphatic carboxylic acids is 1. The first-order valence-corrected chi connectivity index (χ1v) is 13.4. The molecule has 44 heavy (non-hydrogen) atoms. The van der Waals surface area contributed by atoms with E-state index in [1.807, 2.05) is 41.8 Å². The van der Waals surface area contributed by atoms with Gasteiger partial charge in [0.25, 0.3) is 5.69 Å². The molecule has 2 aromatic rings. The number of allylic oxidation sites excluding steroid dienone is 1. The summed E-state index contributed by atoms with van der Waals surface area (Å²) in [5, 5.41) is 26.5. The minimum absolute atomic E-state index is 0.0405. The molecule has 1 fully saturated rings. The summed E-state index contributed by atoms with van der Waals surface area (Å²) in [4.78, 5) is 45.8. The van der Waals surface area contributed by atoms with Crippen molar-refractivity contribution in [2.45, 2.75) is 51.6 Å². The van der Waals surface area contributed by atoms with Crippen molar-refractivity contribution in [3.05, 3.63) is 92.7 Å². The molecule has 0 aromatic heterocycles. The number of nitrogens with zero attached hydrogens (tertiary/aromatic N) is 2. The van der Waals surface area contributed by atoms with Crippen LogP contribution in [0.25, 0.3) is 5.70 Å². The third-order valence-corrected chi connectivity index (χ3v) is 7.06. The second-order valence-corrected chi connectivity index (χ2v) is 9.81. The number of carbonyl (C=O) groups excluding carboxylic acids is 3. The van der Waals surface area contributed by atoms with Gasteiger partial charge in [-0.15, -0.1) is 0 Å². The van der Waals surface area contributed by atoms with Gasteiger partial charge in [0.2, 0.25) is 0 Å². The van der Waals surface area contributed by atoms with Gasteiger partial charge in [0.15, 0.2) is 0 Å². The number of ether oxygens (including phenoxy) is 2. The molecule has 15 heteroatoms. The lowest BCUT2D eigenvalue weighted by Crippen LogP contribution is -2.56. The zero-order chi connectivity index (χ0) is 32.2. The number of carboxylic acids is 1. The van der Waals surface area contributed by atoms with E-state index in [4.69, 9.17) is 19.4 Å². The highest BCUT2D eigenvalue weighted by Crippen LogP contribution is 2.38. The minimum atomic E-state index is -5.19. The van der Waals surface area contributed by atoms with Gasteiger partial charge in [-0.05, 0) is 44.4 Å². The maximum Gasteiger partial charge on any atom is 0.430 e. The predicted molar refractivity (Wildman–Crippen MR) is 145 cm³/mol. The van der Waals surface area contributed by atoms with Crippen molar-refractivity contribution in [2.75, 3.05) is 6.61 Å². The van der Waals surface area contributed by atoms with Crippen LogP contribution in [-0.2, 0) is 30.5 Å². The fraction of sp³-hybridized carbons (Fsp3) is 0.310. The summed E-state index contributed by atoms with van der Waals surface area (Å²) in [6.45, 7) is 3.94. The Hall–Kier alpha value is -5.21. The summed E-state index contributed by atoms with van der Waals surface area (Å²) < 4.78 is 44.6. The maximum atomic E-state index is 13.2. The molecule has 0 saturated carbocycles. The molecule has 232 valence electrons. The number of benzene rings is 2. The van der Waals surface area contributed by atoms with Crippen molar-refractivity contribution in [2.24, 2.45) is 0 Å². The molecule has 3 aliphatic rings. The summed E-state index contributed by atoms with van der Waals surface area (Å²) in [6, 6.07) is 14.9. The topological polar surface area (TPSA) is 163 Å². The van der Waals surface area contributed by atoms with Gasteiger partial charge in [0, 0.05) is 17.7 Å². The molecule has 1 saturated heterocycles. The van der Waals surface area contributed by atoms with Gasteiger partial charge in [-0.25, -0.2) is 24.8 Å². The van der Waals surface area contributed by atoms with E-state index in [2.05, 4.69) is 10.6 Å². The Bertz CT molecular complexity index is 1570. The van der Waals surface area contributed by atoms with Crippen molar-refractivity contribution in [3.8, 4) is 0 Å². The highest BCUT2D eigenvalue weighted by molar-refractivity contribution is 6.04. The van der Waals surface area contributed by atoms with E-state index in [0.717, 1.165) is 5.56 Å². The van der Waals surface area contributed by atoms with Crippen LogP contribution in [0.5, 0.6) is 0 Å². The largest absolute Gasteiger partial charge is 0.542 e. The normalized spacial score (nSPS) is 18.8. The van der Waals surface area contributed by atoms with Crippen molar-refractivity contribution in [3.63, 3.8) is 0 Å². The number of nitro benzene ring substituents is 1. The number of halogens is 3. The summed E-state index contributed by atoms with van der Waals surface area (Å²) in [6.07, 6.45) is -3.94. The van der Waals surface area contributed by atoms with E-state index in [9.17, 15) is 32.9 Å². The predicted octanol–water partition coefficient (Wildman–Crippen LogP) is 2.29. The van der Waals surface area contributed by atoms with Crippen molar-refractivity contribution in [1.29, 1.82) is 0 Å². The molecule has 3 aliphatic heterocycles. The van der Waals surface area contributed by atoms with E-state index in [-0.39, 0.29) is 31.0 Å². The van der Waals surface area contributed by atoms with Crippen LogP contribution in [-0.4, -0.2) is 58.2 Å². The Labute approximate surface area is 248 Å². The number of hydrogen-bond acceptors (Lipinski definition) is 10. The number of alkyl halides is 3. The quantitative estimate of drug-likeness (QED) is 0.204. The SMILES string of the molecule is CCOC(=O)C1=C(c2ccc([N+](=O)[O-])cc2)NC2=[N+]3[C@@H]1CC[C@H]3C(C(=O)OCc1ccccc1)=C(C)N2.O=C([O-])C(F)(F)F. The third-order valence-electron chi connectivity index (χ3n) is 7.06. The van der Waals surface area contributed by atoms with Crippen LogP contribution >= 0.6 is 0 Å². The maximum absolute atomic E-state index is 13.2. The Morgan fingerprint density at radius 2 is 1.52 bits per heavy atom. The van der Waals surface area contributed by atoms with E-state index in [1.54, 1.807) is 19.1 Å². The van der Waals surface area contributed by atoms with Crippen molar-refractivity contribution < 1.29 is 51.6 Å². The van der Waals surface area contributed by atoms with E-state index in [0.29, 0.717) is 46.9 Å². The Kier molecular flexibility index (Phi) is 9.35. The van der Waals surface area contributed by atoms with Gasteiger partial charge in [0.05, 0.1) is 17.2 Å². The van der Waals surface area contributed by atoms with E-state index in [1.165, 1.54) is 12.1 Å². The van der Waals surface area contributed by atoms with Crippen LogP contribution in [0.3, 0.4) is 0 Å². The molecule has 0 bridgehead atoms. The minimum Gasteiger partial charge on any atom is -0.542 e. The second kappa shape index (κ2) is 13.0. The zero-order valence-corrected chi connectivity index (χ0v) is 23.5. The van der Waals surface area contributed by atoms with Gasteiger partial charge in [-0.1, -0.05) is 30.3 Å². The standard InChI is InChI=1S/C27H26N4O6.C2HF3O2/c1-3-36-26(33)23-21-14-13-20-22(25(32)37-15-17-7-5-4-6-8-17)16(2)28-27(30(20)21)29-24(23)18-9-11-19(12-10-18)31(34)35;3-2(4,5)1(6)7/h4-12,20-21H,3,13-15H2,1-2H3,(H,28,29,32,33);(H,6,7)/t20-,21+;/m0./s1. The smallest absolute Gasteiger partial charge is 0.430 e. The van der Waals surface area contributed by atoms with E-state index < -0.39 is 29.0 Å². The Morgan fingerprint density at radius 1 is 0.955 bits per heavy atom. The molecule has 0 unspecified atom stereocenters. The molecule has 0 radical (unpaired) electrons. The highest BCUT2D eigenvalue weighted by Gasteiger charge is 2.51. The zero-order valence-electron chi connectivity index (χ0n) is 23.5. The highest BCUT2D eigenvalue weighted by atomic mass is 19.4. The van der Waals surface area contributed by atoms with Gasteiger partial charge in [-0.2, -0.15) is 13.2 Å². The number of esters is 2. The number of carbonyl (C=O) groups is 3. The average molecular weight is 617 g/mol. The molecule has 5 rings (SSSR count). The fourth-order valence-electron chi connectivity index (χ4n) is 5.21. The molecule has 0 spiro atoms. The van der Waals surface area contributed by atoms with Gasteiger partial charge >= 0.3 is 24.1 Å². The summed E-state index contributed by atoms with van der Waals surface area (Å²) >= 11 is 0. The Balaban J connectivity index is 0.000000566. The second-order valence-electron chi connectivity index (χ2n) is 9.81. The monoisotopic (exact) mass is 616 g/mol. The number of hydrogen-bond donors (Lipinski definition) is 2. The lowest BCUT2D eigenvalue weighted by molar-refractivity contribution is -0.566. The van der Waals surface area contributed by atoms with Gasteiger partial charge in [0.1, 0.15) is 41.5 Å². The lowest BCUT2D eigenvalue weighted by Gasteiger charge is -2.32. The fourth-order valence-corrected chi connectivity index (χ4v) is 5.21. The lowest BCUT2D eigenvalue weighted by atomic mass is 9.97. The molecule has 2 aromatic carbocycles. The summed E-state index contributed by atoms with van der Waals surface area (Å²) in [5.74, 6) is -3.23. The molecule has 0 aliphatic carbocycles. The number of carboxylic acid groups (broad SMARTS) is 1. The van der Waals surface area contributed by atoms with Crippen molar-refractivity contribution in [1.82, 2.24) is 10.6 Å². The van der Waals surface area contributed by atoms with Crippen LogP contribution in [0.2, 0.25) is 0 Å². The first kappa shape index (κ1) is 31.7. The molecular weight excluding hydrogens is 589 g/mol. The molecular formula is C29H27F3N4O8. The van der Waals surface area contributed by atoms with Crippen LogP contribution in [0.1, 0.15) is 37.8 Å². The van der Waals surface area contributed by atoms with E-state index >= 15 is 0 Å². The van der Waals surface area contributed by atoms with Crippen molar-refractivity contribution >= 4 is 35.3 Å². The van der Waals surface area contributed by atoms with Crippen LogP contribution in [0, 0.1) is 10.1 Å². The summed E-state index contributed by atoms with van der Waals surface area (Å²) in [5.41, 5.74) is 3.65. The van der Waals surface area contributed by atoms with Crippen LogP contribution < -0.4 is 15.7 Å². The molecule has 0 amide bonds. The number of non-ortho nitro benzene ring substituents is 1. The molecule has 2 N–H and O–H groups in total. The number of guanidine groups is 1. The first-order valence-electron chi connectivity index (χ1n) is 13.4. The molecule has 2 atom stereocenters. The Morgan fingerprint density at radius 3 is 2.07 bits per heavy atom. The number of nitro groups is 1. The van der Waals surface area contributed by atoms with Crippen LogP contribution in [0.15, 0.2) is 71.4 Å². The van der Waals surface area contributed by atoms with Gasteiger partial charge in [-0.3, -0.25) is 10.1 Å². The number of rotatable bonds is 7. The van der Waals surface area contributed by atoms with Gasteiger partial charge < -0.3 is 19.4 Å². The molecule has 3 heterocycles. The van der Waals surface area contributed by atoms with Crippen LogP contribution in [0.4, 0.5) is 18.9 Å². The molecule has 12 nitrogen and oxygen atoms in total.